The van der Waals surface area contributed by atoms with E-state index in [0.717, 1.165) is 46.7 Å². The molecule has 1 fully saturated rings. The standard InChI is InChI=1S/C23H33N3O2S2/c1-3-12-29-13-7-11-26-21(27)19-15-20-18(10-14-30-20)25(19)16-23(26,2)22(28)24-17-8-5-4-6-9-17/h10,14-15,17H,3-9,11-13,16H2,1-2H3,(H,24,28)/t23-/m0/s1. The molecule has 3 heterocycles. The summed E-state index contributed by atoms with van der Waals surface area (Å²) in [7, 11) is 0. The van der Waals surface area contributed by atoms with E-state index in [-0.39, 0.29) is 17.9 Å². The summed E-state index contributed by atoms with van der Waals surface area (Å²) in [6.45, 7) is 5.30. The first kappa shape index (κ1) is 21.8. The molecular weight excluding hydrogens is 414 g/mol. The van der Waals surface area contributed by atoms with Crippen LogP contribution in [0.2, 0.25) is 0 Å². The molecule has 0 radical (unpaired) electrons. The van der Waals surface area contributed by atoms with Gasteiger partial charge in [0.05, 0.1) is 16.8 Å². The van der Waals surface area contributed by atoms with Gasteiger partial charge in [0.15, 0.2) is 0 Å². The molecule has 1 saturated carbocycles. The van der Waals surface area contributed by atoms with Gasteiger partial charge in [-0.05, 0) is 61.6 Å². The lowest BCUT2D eigenvalue weighted by molar-refractivity contribution is -0.133. The number of hydrogen-bond donors (Lipinski definition) is 1. The first-order valence-corrected chi connectivity index (χ1v) is 13.4. The third kappa shape index (κ3) is 4.15. The third-order valence-corrected chi connectivity index (χ3v) is 8.62. The van der Waals surface area contributed by atoms with Crippen molar-refractivity contribution in [3.05, 3.63) is 23.2 Å². The fourth-order valence-corrected chi connectivity index (χ4v) is 6.43. The average molecular weight is 448 g/mol. The van der Waals surface area contributed by atoms with Crippen molar-refractivity contribution in [1.82, 2.24) is 14.8 Å². The first-order chi connectivity index (χ1) is 14.5. The number of nitrogens with zero attached hydrogens (tertiary/aromatic N) is 2. The molecule has 0 spiro atoms. The van der Waals surface area contributed by atoms with Crippen molar-refractivity contribution < 1.29 is 9.59 Å². The van der Waals surface area contributed by atoms with Gasteiger partial charge in [0.2, 0.25) is 5.91 Å². The van der Waals surface area contributed by atoms with E-state index < -0.39 is 5.54 Å². The van der Waals surface area contributed by atoms with Crippen LogP contribution in [0.15, 0.2) is 17.5 Å². The van der Waals surface area contributed by atoms with Gasteiger partial charge >= 0.3 is 0 Å². The molecule has 164 valence electrons. The minimum Gasteiger partial charge on any atom is -0.351 e. The maximum absolute atomic E-state index is 13.6. The fourth-order valence-electron chi connectivity index (χ4n) is 4.78. The Morgan fingerprint density at radius 1 is 1.30 bits per heavy atom. The van der Waals surface area contributed by atoms with Crippen LogP contribution in [0.5, 0.6) is 0 Å². The van der Waals surface area contributed by atoms with E-state index in [1.54, 1.807) is 11.3 Å². The summed E-state index contributed by atoms with van der Waals surface area (Å²) in [5.74, 6) is 2.17. The summed E-state index contributed by atoms with van der Waals surface area (Å²) in [6, 6.07) is 4.31. The second kappa shape index (κ2) is 9.35. The largest absolute Gasteiger partial charge is 0.351 e. The van der Waals surface area contributed by atoms with Crippen LogP contribution < -0.4 is 5.32 Å². The maximum Gasteiger partial charge on any atom is 0.271 e. The highest BCUT2D eigenvalue weighted by Crippen LogP contribution is 2.35. The Morgan fingerprint density at radius 3 is 2.87 bits per heavy atom. The van der Waals surface area contributed by atoms with Crippen LogP contribution in [-0.4, -0.2) is 50.9 Å². The Balaban J connectivity index is 1.59. The molecule has 1 atom stereocenters. The molecule has 5 nitrogen and oxygen atoms in total. The smallest absolute Gasteiger partial charge is 0.271 e. The fraction of sp³-hybridized carbons (Fsp3) is 0.652. The normalized spacial score (nSPS) is 22.5. The Kier molecular flexibility index (Phi) is 6.78. The monoisotopic (exact) mass is 447 g/mol. The Labute approximate surface area is 187 Å². The number of hydrogen-bond acceptors (Lipinski definition) is 4. The number of nitrogens with one attached hydrogen (secondary N) is 1. The maximum atomic E-state index is 13.6. The quantitative estimate of drug-likeness (QED) is 0.586. The van der Waals surface area contributed by atoms with Crippen molar-refractivity contribution in [3.63, 3.8) is 0 Å². The summed E-state index contributed by atoms with van der Waals surface area (Å²) in [5, 5.41) is 5.36. The zero-order chi connectivity index (χ0) is 21.1. The van der Waals surface area contributed by atoms with E-state index in [1.165, 1.54) is 25.7 Å². The number of carbonyl (C=O) groups excluding carboxylic acids is 2. The molecule has 4 rings (SSSR count). The molecular formula is C23H33N3O2S2. The van der Waals surface area contributed by atoms with Crippen molar-refractivity contribution in [2.45, 2.75) is 76.9 Å². The van der Waals surface area contributed by atoms with E-state index in [0.29, 0.717) is 13.1 Å². The number of aromatic nitrogens is 1. The van der Waals surface area contributed by atoms with Crippen LogP contribution in [-0.2, 0) is 11.3 Å². The number of fused-ring (bicyclic) bond motifs is 3. The van der Waals surface area contributed by atoms with Crippen LogP contribution in [0.3, 0.4) is 0 Å². The van der Waals surface area contributed by atoms with Crippen molar-refractivity contribution in [2.75, 3.05) is 18.1 Å². The average Bonchev–Trinajstić information content (AvgIpc) is 3.33. The summed E-state index contributed by atoms with van der Waals surface area (Å²) in [6.07, 6.45) is 7.79. The van der Waals surface area contributed by atoms with Gasteiger partial charge in [-0.3, -0.25) is 9.59 Å². The van der Waals surface area contributed by atoms with E-state index in [1.807, 2.05) is 29.7 Å². The van der Waals surface area contributed by atoms with Crippen LogP contribution in [0.1, 0.15) is 69.3 Å². The van der Waals surface area contributed by atoms with Crippen LogP contribution in [0, 0.1) is 0 Å². The van der Waals surface area contributed by atoms with Gasteiger partial charge in [0.25, 0.3) is 5.91 Å². The number of carbonyl (C=O) groups is 2. The summed E-state index contributed by atoms with van der Waals surface area (Å²) >= 11 is 3.58. The highest BCUT2D eigenvalue weighted by molar-refractivity contribution is 7.99. The minimum atomic E-state index is -0.856. The van der Waals surface area contributed by atoms with Crippen molar-refractivity contribution in [1.29, 1.82) is 0 Å². The van der Waals surface area contributed by atoms with Crippen LogP contribution in [0.25, 0.3) is 10.2 Å². The Bertz CT molecular complexity index is 900. The van der Waals surface area contributed by atoms with Crippen molar-refractivity contribution >= 4 is 45.1 Å². The summed E-state index contributed by atoms with van der Waals surface area (Å²) in [5.41, 5.74) is 0.935. The van der Waals surface area contributed by atoms with E-state index in [4.69, 9.17) is 0 Å². The van der Waals surface area contributed by atoms with Gasteiger partial charge < -0.3 is 14.8 Å². The second-order valence-corrected chi connectivity index (χ2v) is 11.0. The molecule has 1 aliphatic carbocycles. The molecule has 0 aromatic carbocycles. The van der Waals surface area contributed by atoms with E-state index in [9.17, 15) is 9.59 Å². The second-order valence-electron chi connectivity index (χ2n) is 8.79. The van der Waals surface area contributed by atoms with Gasteiger partial charge in [-0.25, -0.2) is 0 Å². The number of thioether (sulfide) groups is 1. The Morgan fingerprint density at radius 2 is 2.10 bits per heavy atom. The highest BCUT2D eigenvalue weighted by Gasteiger charge is 2.47. The summed E-state index contributed by atoms with van der Waals surface area (Å²) in [4.78, 5) is 29.0. The van der Waals surface area contributed by atoms with E-state index in [2.05, 4.69) is 28.3 Å². The molecule has 0 unspecified atom stereocenters. The van der Waals surface area contributed by atoms with E-state index >= 15 is 0 Å². The topological polar surface area (TPSA) is 54.3 Å². The number of amides is 2. The first-order valence-electron chi connectivity index (χ1n) is 11.3. The molecule has 30 heavy (non-hydrogen) atoms. The molecule has 1 N–H and O–H groups in total. The predicted octanol–water partition coefficient (Wildman–Crippen LogP) is 4.90. The molecule has 0 bridgehead atoms. The molecule has 2 aromatic heterocycles. The SMILES string of the molecule is CCCSCCCN1C(=O)c2cc3sccc3n2C[C@@]1(C)C(=O)NC1CCCCC1. The molecule has 1 aliphatic heterocycles. The van der Waals surface area contributed by atoms with Crippen LogP contribution >= 0.6 is 23.1 Å². The van der Waals surface area contributed by atoms with Crippen molar-refractivity contribution in [3.8, 4) is 0 Å². The lowest BCUT2D eigenvalue weighted by atomic mass is 9.91. The van der Waals surface area contributed by atoms with Crippen LogP contribution in [0.4, 0.5) is 0 Å². The highest BCUT2D eigenvalue weighted by atomic mass is 32.2. The lowest BCUT2D eigenvalue weighted by Gasteiger charge is -2.45. The van der Waals surface area contributed by atoms with Crippen molar-refractivity contribution in [2.24, 2.45) is 0 Å². The zero-order valence-electron chi connectivity index (χ0n) is 18.1. The minimum absolute atomic E-state index is 0.00620. The third-order valence-electron chi connectivity index (χ3n) is 6.50. The van der Waals surface area contributed by atoms with Gasteiger partial charge in [-0.2, -0.15) is 11.8 Å². The molecule has 7 heteroatoms. The zero-order valence-corrected chi connectivity index (χ0v) is 19.7. The Hall–Kier alpha value is -1.47. The molecule has 2 aliphatic rings. The predicted molar refractivity (Wildman–Crippen MR) is 127 cm³/mol. The molecule has 2 amide bonds. The lowest BCUT2D eigenvalue weighted by Crippen LogP contribution is -2.65. The van der Waals surface area contributed by atoms with Gasteiger partial charge in [0.1, 0.15) is 11.2 Å². The van der Waals surface area contributed by atoms with Gasteiger partial charge in [-0.1, -0.05) is 26.2 Å². The molecule has 0 saturated heterocycles. The van der Waals surface area contributed by atoms with Gasteiger partial charge in [0, 0.05) is 12.6 Å². The van der Waals surface area contributed by atoms with Gasteiger partial charge in [-0.15, -0.1) is 11.3 Å². The number of thiophene rings is 1. The number of rotatable bonds is 8. The summed E-state index contributed by atoms with van der Waals surface area (Å²) < 4.78 is 3.19. The molecule has 2 aromatic rings.